The molecule has 4 heteroatoms. The van der Waals surface area contributed by atoms with Gasteiger partial charge in [0.2, 0.25) is 0 Å². The fourth-order valence-corrected chi connectivity index (χ4v) is 3.33. The van der Waals surface area contributed by atoms with Crippen molar-refractivity contribution in [2.45, 2.75) is 38.9 Å². The summed E-state index contributed by atoms with van der Waals surface area (Å²) in [6.07, 6.45) is 4.58. The largest absolute Gasteiger partial charge is 0.468 e. The molecule has 3 heterocycles. The highest BCUT2D eigenvalue weighted by atomic mass is 16.3. The van der Waals surface area contributed by atoms with Gasteiger partial charge in [-0.2, -0.15) is 0 Å². The highest BCUT2D eigenvalue weighted by molar-refractivity contribution is 5.17. The van der Waals surface area contributed by atoms with Crippen molar-refractivity contribution in [1.82, 2.24) is 15.1 Å². The summed E-state index contributed by atoms with van der Waals surface area (Å²) >= 11 is 0. The zero-order chi connectivity index (χ0) is 13.1. The summed E-state index contributed by atoms with van der Waals surface area (Å²) in [5.41, 5.74) is 1.32. The van der Waals surface area contributed by atoms with Gasteiger partial charge in [0.05, 0.1) is 12.8 Å². The Labute approximate surface area is 115 Å². The lowest BCUT2D eigenvalue weighted by Crippen LogP contribution is -2.49. The minimum Gasteiger partial charge on any atom is -0.468 e. The molecule has 2 aliphatic heterocycles. The van der Waals surface area contributed by atoms with E-state index in [2.05, 4.69) is 28.1 Å². The maximum absolute atomic E-state index is 5.68. The lowest BCUT2D eigenvalue weighted by molar-refractivity contribution is 0.0938. The van der Waals surface area contributed by atoms with Crippen molar-refractivity contribution in [3.05, 3.63) is 23.7 Å². The summed E-state index contributed by atoms with van der Waals surface area (Å²) in [4.78, 5) is 5.21. The molecule has 0 aromatic carbocycles. The molecule has 106 valence electrons. The maximum Gasteiger partial charge on any atom is 0.122 e. The van der Waals surface area contributed by atoms with Crippen molar-refractivity contribution in [2.75, 3.05) is 32.7 Å². The Morgan fingerprint density at radius 1 is 1.37 bits per heavy atom. The van der Waals surface area contributed by atoms with E-state index < -0.39 is 0 Å². The smallest absolute Gasteiger partial charge is 0.122 e. The molecule has 19 heavy (non-hydrogen) atoms. The summed E-state index contributed by atoms with van der Waals surface area (Å²) in [5.74, 6) is 1.15. The van der Waals surface area contributed by atoms with Crippen molar-refractivity contribution in [3.63, 3.8) is 0 Å². The molecule has 1 aromatic rings. The van der Waals surface area contributed by atoms with Crippen LogP contribution in [0.2, 0.25) is 0 Å². The summed E-state index contributed by atoms with van der Waals surface area (Å²) in [7, 11) is 0. The minimum atomic E-state index is 0.793. The van der Waals surface area contributed by atoms with Crippen LogP contribution in [0.15, 0.2) is 16.7 Å². The second kappa shape index (κ2) is 6.07. The summed E-state index contributed by atoms with van der Waals surface area (Å²) in [6.45, 7) is 9.96. The zero-order valence-corrected chi connectivity index (χ0v) is 11.9. The lowest BCUT2D eigenvalue weighted by atomic mass is 10.1. The van der Waals surface area contributed by atoms with Gasteiger partial charge in [-0.1, -0.05) is 6.92 Å². The second-order valence-electron chi connectivity index (χ2n) is 5.72. The predicted molar refractivity (Wildman–Crippen MR) is 76.0 cm³/mol. The van der Waals surface area contributed by atoms with Crippen molar-refractivity contribution < 1.29 is 4.42 Å². The van der Waals surface area contributed by atoms with E-state index in [1.807, 2.05) is 6.26 Å². The van der Waals surface area contributed by atoms with E-state index in [0.717, 1.165) is 31.4 Å². The Kier molecular flexibility index (Phi) is 4.21. The molecule has 1 unspecified atom stereocenters. The van der Waals surface area contributed by atoms with Gasteiger partial charge in [-0.15, -0.1) is 0 Å². The van der Waals surface area contributed by atoms with Crippen molar-refractivity contribution in [1.29, 1.82) is 0 Å². The van der Waals surface area contributed by atoms with E-state index in [4.69, 9.17) is 4.42 Å². The molecule has 3 rings (SSSR count). The average molecular weight is 263 g/mol. The summed E-state index contributed by atoms with van der Waals surface area (Å²) in [5, 5.41) is 3.38. The Balaban J connectivity index is 1.57. The minimum absolute atomic E-state index is 0.793. The second-order valence-corrected chi connectivity index (χ2v) is 5.72. The van der Waals surface area contributed by atoms with Crippen LogP contribution in [0.4, 0.5) is 0 Å². The van der Waals surface area contributed by atoms with Gasteiger partial charge in [-0.05, 0) is 32.0 Å². The molecule has 0 spiro atoms. The van der Waals surface area contributed by atoms with Crippen molar-refractivity contribution >= 4 is 0 Å². The molecule has 4 nitrogen and oxygen atoms in total. The van der Waals surface area contributed by atoms with Crippen LogP contribution in [0.3, 0.4) is 0 Å². The summed E-state index contributed by atoms with van der Waals surface area (Å²) < 4.78 is 5.68. The third-order valence-corrected chi connectivity index (χ3v) is 4.44. The molecule has 0 bridgehead atoms. The number of fused-ring (bicyclic) bond motifs is 1. The van der Waals surface area contributed by atoms with Crippen LogP contribution >= 0.6 is 0 Å². The van der Waals surface area contributed by atoms with Crippen LogP contribution in [0.25, 0.3) is 0 Å². The first-order chi connectivity index (χ1) is 9.36. The monoisotopic (exact) mass is 263 g/mol. The number of nitrogens with one attached hydrogen (secondary N) is 1. The number of nitrogens with zero attached hydrogens (tertiary/aromatic N) is 2. The first-order valence-corrected chi connectivity index (χ1v) is 7.59. The standard InChI is InChI=1S/C15H25N3O/c1-2-16-10-13-5-9-19-15(13)12-17-7-8-18-6-3-4-14(18)11-17/h5,9,14,16H,2-4,6-8,10-12H2,1H3. The number of piperazine rings is 1. The highest BCUT2D eigenvalue weighted by Crippen LogP contribution is 2.23. The number of furan rings is 1. The SMILES string of the molecule is CCNCc1ccoc1CN1CCN2CCCC2C1. The van der Waals surface area contributed by atoms with E-state index >= 15 is 0 Å². The summed E-state index contributed by atoms with van der Waals surface area (Å²) in [6, 6.07) is 2.89. The molecule has 1 aromatic heterocycles. The van der Waals surface area contributed by atoms with Gasteiger partial charge < -0.3 is 9.73 Å². The third-order valence-electron chi connectivity index (χ3n) is 4.44. The van der Waals surface area contributed by atoms with Gasteiger partial charge >= 0.3 is 0 Å². The van der Waals surface area contributed by atoms with E-state index in [-0.39, 0.29) is 0 Å². The Morgan fingerprint density at radius 3 is 3.21 bits per heavy atom. The molecular formula is C15H25N3O. The van der Waals surface area contributed by atoms with E-state index in [1.165, 1.54) is 44.6 Å². The van der Waals surface area contributed by atoms with E-state index in [1.54, 1.807) is 0 Å². The Bertz CT molecular complexity index is 404. The molecule has 0 radical (unpaired) electrons. The lowest BCUT2D eigenvalue weighted by Gasteiger charge is -2.37. The molecule has 2 aliphatic rings. The number of rotatable bonds is 5. The third kappa shape index (κ3) is 3.02. The highest BCUT2D eigenvalue weighted by Gasteiger charge is 2.30. The van der Waals surface area contributed by atoms with Gasteiger partial charge in [0.15, 0.2) is 0 Å². The first kappa shape index (κ1) is 13.2. The Morgan fingerprint density at radius 2 is 2.32 bits per heavy atom. The molecule has 2 fully saturated rings. The van der Waals surface area contributed by atoms with Crippen LogP contribution in [-0.4, -0.2) is 48.6 Å². The molecular weight excluding hydrogens is 238 g/mol. The van der Waals surface area contributed by atoms with Gasteiger partial charge in [-0.3, -0.25) is 9.80 Å². The Hall–Kier alpha value is -0.840. The van der Waals surface area contributed by atoms with Crippen molar-refractivity contribution in [2.24, 2.45) is 0 Å². The van der Waals surface area contributed by atoms with Gasteiger partial charge in [0.25, 0.3) is 0 Å². The maximum atomic E-state index is 5.68. The first-order valence-electron chi connectivity index (χ1n) is 7.59. The van der Waals surface area contributed by atoms with Crippen molar-refractivity contribution in [3.8, 4) is 0 Å². The van der Waals surface area contributed by atoms with Crippen LogP contribution in [0, 0.1) is 0 Å². The molecule has 0 saturated carbocycles. The molecule has 0 aliphatic carbocycles. The zero-order valence-electron chi connectivity index (χ0n) is 11.9. The quantitative estimate of drug-likeness (QED) is 0.875. The van der Waals surface area contributed by atoms with Crippen LogP contribution in [-0.2, 0) is 13.1 Å². The fraction of sp³-hybridized carbons (Fsp3) is 0.733. The van der Waals surface area contributed by atoms with Crippen LogP contribution < -0.4 is 5.32 Å². The predicted octanol–water partition coefficient (Wildman–Crippen LogP) is 1.67. The number of hydrogen-bond donors (Lipinski definition) is 1. The van der Waals surface area contributed by atoms with Gasteiger partial charge in [0, 0.05) is 37.8 Å². The van der Waals surface area contributed by atoms with E-state index in [9.17, 15) is 0 Å². The van der Waals surface area contributed by atoms with Gasteiger partial charge in [0.1, 0.15) is 5.76 Å². The molecule has 1 atom stereocenters. The van der Waals surface area contributed by atoms with Crippen LogP contribution in [0.1, 0.15) is 31.1 Å². The van der Waals surface area contributed by atoms with E-state index in [0.29, 0.717) is 0 Å². The average Bonchev–Trinajstić information content (AvgIpc) is 3.05. The molecule has 1 N–H and O–H groups in total. The topological polar surface area (TPSA) is 31.7 Å². The molecule has 2 saturated heterocycles. The van der Waals surface area contributed by atoms with Crippen LogP contribution in [0.5, 0.6) is 0 Å². The number of hydrogen-bond acceptors (Lipinski definition) is 4. The molecule has 0 amide bonds. The van der Waals surface area contributed by atoms with Gasteiger partial charge in [-0.25, -0.2) is 0 Å². The normalized spacial score (nSPS) is 24.8. The fourth-order valence-electron chi connectivity index (χ4n) is 3.33.